The first kappa shape index (κ1) is 18.7. The van der Waals surface area contributed by atoms with E-state index in [2.05, 4.69) is 27.8 Å². The van der Waals surface area contributed by atoms with E-state index < -0.39 is 6.04 Å². The molecule has 0 radical (unpaired) electrons. The van der Waals surface area contributed by atoms with E-state index in [0.29, 0.717) is 11.3 Å². The van der Waals surface area contributed by atoms with Crippen LogP contribution in [0.25, 0.3) is 20.8 Å². The Morgan fingerprint density at radius 2 is 1.83 bits per heavy atom. The quantitative estimate of drug-likeness (QED) is 0.480. The Kier molecular flexibility index (Phi) is 5.23. The molecule has 1 atom stereocenters. The minimum absolute atomic E-state index is 0.171. The van der Waals surface area contributed by atoms with Gasteiger partial charge in [-0.05, 0) is 61.5 Å². The van der Waals surface area contributed by atoms with E-state index in [9.17, 15) is 4.79 Å². The first-order valence-electron chi connectivity index (χ1n) is 9.16. The molecule has 0 saturated carbocycles. The van der Waals surface area contributed by atoms with Crippen LogP contribution >= 0.6 is 11.3 Å². The van der Waals surface area contributed by atoms with Gasteiger partial charge < -0.3 is 10.6 Å². The van der Waals surface area contributed by atoms with Crippen LogP contribution in [0.1, 0.15) is 12.5 Å². The van der Waals surface area contributed by atoms with Crippen LogP contribution in [0.15, 0.2) is 72.8 Å². The van der Waals surface area contributed by atoms with E-state index in [0.717, 1.165) is 26.5 Å². The third-order valence-electron chi connectivity index (χ3n) is 4.46. The lowest BCUT2D eigenvalue weighted by Crippen LogP contribution is -2.31. The van der Waals surface area contributed by atoms with Crippen LogP contribution in [0.2, 0.25) is 0 Å². The van der Waals surface area contributed by atoms with Gasteiger partial charge in [0.15, 0.2) is 0 Å². The van der Waals surface area contributed by atoms with Gasteiger partial charge in [-0.25, -0.2) is 4.98 Å². The number of rotatable bonds is 5. The summed E-state index contributed by atoms with van der Waals surface area (Å²) in [6.45, 7) is 1.80. The third kappa shape index (κ3) is 4.26. The molecule has 0 unspecified atom stereocenters. The predicted molar refractivity (Wildman–Crippen MR) is 118 cm³/mol. The van der Waals surface area contributed by atoms with Crippen molar-refractivity contribution in [2.75, 3.05) is 10.6 Å². The van der Waals surface area contributed by atoms with Crippen LogP contribution in [-0.2, 0) is 4.79 Å². The molecular weight excluding hydrogens is 380 g/mol. The standard InChI is InChI=1S/C23H18N4OS/c1-15(22(28)26-19-6-4-5-16(13-19)14-24)25-18-11-9-17(10-12-18)23-27-20-7-2-3-8-21(20)29-23/h2-13,15,25H,1H3,(H,26,28)/t15-/m1/s1. The molecule has 4 aromatic rings. The lowest BCUT2D eigenvalue weighted by molar-refractivity contribution is -0.116. The molecule has 0 aliphatic heterocycles. The molecule has 5 nitrogen and oxygen atoms in total. The van der Waals surface area contributed by atoms with Crippen molar-refractivity contribution in [3.05, 3.63) is 78.4 Å². The molecule has 6 heteroatoms. The molecular formula is C23H18N4OS. The number of para-hydroxylation sites is 1. The summed E-state index contributed by atoms with van der Waals surface area (Å²) in [4.78, 5) is 17.1. The van der Waals surface area contributed by atoms with Gasteiger partial charge in [-0.15, -0.1) is 11.3 Å². The molecule has 1 amide bonds. The number of fused-ring (bicyclic) bond motifs is 1. The molecule has 0 fully saturated rings. The number of carbonyl (C=O) groups excluding carboxylic acids is 1. The summed E-state index contributed by atoms with van der Waals surface area (Å²) in [7, 11) is 0. The van der Waals surface area contributed by atoms with Gasteiger partial charge in [0, 0.05) is 16.9 Å². The molecule has 0 aliphatic rings. The van der Waals surface area contributed by atoms with E-state index in [1.807, 2.05) is 42.5 Å². The topological polar surface area (TPSA) is 77.8 Å². The van der Waals surface area contributed by atoms with Crippen molar-refractivity contribution in [2.45, 2.75) is 13.0 Å². The number of nitrogens with zero attached hydrogens (tertiary/aromatic N) is 2. The van der Waals surface area contributed by atoms with Crippen molar-refractivity contribution in [3.63, 3.8) is 0 Å². The largest absolute Gasteiger partial charge is 0.374 e. The summed E-state index contributed by atoms with van der Waals surface area (Å²) in [5, 5.41) is 16.0. The van der Waals surface area contributed by atoms with Crippen LogP contribution < -0.4 is 10.6 Å². The summed E-state index contributed by atoms with van der Waals surface area (Å²) in [6, 6.07) is 24.5. The maximum atomic E-state index is 12.4. The summed E-state index contributed by atoms with van der Waals surface area (Å²) < 4.78 is 1.16. The Balaban J connectivity index is 1.42. The van der Waals surface area contributed by atoms with Gasteiger partial charge in [0.25, 0.3) is 0 Å². The number of hydrogen-bond donors (Lipinski definition) is 2. The maximum absolute atomic E-state index is 12.4. The van der Waals surface area contributed by atoms with Gasteiger partial charge in [-0.2, -0.15) is 5.26 Å². The average molecular weight is 398 g/mol. The van der Waals surface area contributed by atoms with E-state index in [1.54, 1.807) is 42.5 Å². The monoisotopic (exact) mass is 398 g/mol. The van der Waals surface area contributed by atoms with Crippen LogP contribution in [0.4, 0.5) is 11.4 Å². The molecule has 1 heterocycles. The van der Waals surface area contributed by atoms with Crippen molar-refractivity contribution in [1.29, 1.82) is 5.26 Å². The summed E-state index contributed by atoms with van der Waals surface area (Å²) in [5.74, 6) is -0.171. The lowest BCUT2D eigenvalue weighted by Gasteiger charge is -2.15. The second-order valence-corrected chi connectivity index (χ2v) is 7.64. The zero-order valence-electron chi connectivity index (χ0n) is 15.7. The van der Waals surface area contributed by atoms with E-state index in [1.165, 1.54) is 0 Å². The van der Waals surface area contributed by atoms with Crippen molar-refractivity contribution in [1.82, 2.24) is 4.98 Å². The molecule has 142 valence electrons. The number of carbonyl (C=O) groups is 1. The zero-order valence-corrected chi connectivity index (χ0v) is 16.5. The minimum Gasteiger partial charge on any atom is -0.374 e. The lowest BCUT2D eigenvalue weighted by atomic mass is 10.2. The Labute approximate surface area is 172 Å². The second-order valence-electron chi connectivity index (χ2n) is 6.61. The number of hydrogen-bond acceptors (Lipinski definition) is 5. The van der Waals surface area contributed by atoms with Gasteiger partial charge in [0.05, 0.1) is 21.8 Å². The van der Waals surface area contributed by atoms with Gasteiger partial charge in [-0.3, -0.25) is 4.79 Å². The fourth-order valence-electron chi connectivity index (χ4n) is 2.94. The fourth-order valence-corrected chi connectivity index (χ4v) is 3.91. The summed E-state index contributed by atoms with van der Waals surface area (Å²) in [5.41, 5.74) is 4.01. The van der Waals surface area contributed by atoms with Gasteiger partial charge >= 0.3 is 0 Å². The predicted octanol–water partition coefficient (Wildman–Crippen LogP) is 5.27. The highest BCUT2D eigenvalue weighted by Crippen LogP contribution is 2.30. The number of anilines is 2. The van der Waals surface area contributed by atoms with Crippen LogP contribution in [0, 0.1) is 11.3 Å². The van der Waals surface area contributed by atoms with Crippen LogP contribution in [0.3, 0.4) is 0 Å². The van der Waals surface area contributed by atoms with E-state index >= 15 is 0 Å². The highest BCUT2D eigenvalue weighted by atomic mass is 32.1. The summed E-state index contributed by atoms with van der Waals surface area (Å²) >= 11 is 1.66. The highest BCUT2D eigenvalue weighted by Gasteiger charge is 2.13. The van der Waals surface area contributed by atoms with Crippen LogP contribution in [0.5, 0.6) is 0 Å². The van der Waals surface area contributed by atoms with E-state index in [4.69, 9.17) is 5.26 Å². The zero-order chi connectivity index (χ0) is 20.2. The maximum Gasteiger partial charge on any atom is 0.246 e. The Morgan fingerprint density at radius 1 is 1.03 bits per heavy atom. The molecule has 0 saturated heterocycles. The van der Waals surface area contributed by atoms with E-state index in [-0.39, 0.29) is 5.91 Å². The molecule has 4 rings (SSSR count). The smallest absolute Gasteiger partial charge is 0.246 e. The van der Waals surface area contributed by atoms with Gasteiger partial charge in [0.1, 0.15) is 11.0 Å². The van der Waals surface area contributed by atoms with Crippen molar-refractivity contribution in [3.8, 4) is 16.6 Å². The first-order valence-corrected chi connectivity index (χ1v) is 9.97. The SMILES string of the molecule is C[C@@H](Nc1ccc(-c2nc3ccccc3s2)cc1)C(=O)Nc1cccc(C#N)c1. The number of amides is 1. The van der Waals surface area contributed by atoms with Crippen molar-refractivity contribution in [2.24, 2.45) is 0 Å². The number of nitrogens with one attached hydrogen (secondary N) is 2. The first-order chi connectivity index (χ1) is 14.1. The fraction of sp³-hybridized carbons (Fsp3) is 0.0870. The molecule has 3 aromatic carbocycles. The number of benzene rings is 3. The Hall–Kier alpha value is -3.69. The minimum atomic E-state index is -0.436. The summed E-state index contributed by atoms with van der Waals surface area (Å²) in [6.07, 6.45) is 0. The molecule has 0 spiro atoms. The van der Waals surface area contributed by atoms with Crippen LogP contribution in [-0.4, -0.2) is 16.9 Å². The Bertz CT molecular complexity index is 1170. The number of aromatic nitrogens is 1. The highest BCUT2D eigenvalue weighted by molar-refractivity contribution is 7.21. The molecule has 2 N–H and O–H groups in total. The second kappa shape index (κ2) is 8.13. The molecule has 29 heavy (non-hydrogen) atoms. The molecule has 0 bridgehead atoms. The van der Waals surface area contributed by atoms with Gasteiger partial charge in [0.2, 0.25) is 5.91 Å². The molecule has 1 aromatic heterocycles. The van der Waals surface area contributed by atoms with Crippen molar-refractivity contribution >= 4 is 38.8 Å². The van der Waals surface area contributed by atoms with Crippen molar-refractivity contribution < 1.29 is 4.79 Å². The average Bonchev–Trinajstić information content (AvgIpc) is 3.18. The third-order valence-corrected chi connectivity index (χ3v) is 5.55. The number of nitriles is 1. The molecule has 0 aliphatic carbocycles. The Morgan fingerprint density at radius 3 is 2.59 bits per heavy atom. The number of thiazole rings is 1. The van der Waals surface area contributed by atoms with Gasteiger partial charge in [-0.1, -0.05) is 18.2 Å². The normalized spacial score (nSPS) is 11.6.